The molecule has 0 aliphatic heterocycles. The predicted octanol–water partition coefficient (Wildman–Crippen LogP) is 1.33. The average molecular weight is 388 g/mol. The van der Waals surface area contributed by atoms with Gasteiger partial charge in [0.05, 0.1) is 16.9 Å². The summed E-state index contributed by atoms with van der Waals surface area (Å²) in [6.07, 6.45) is 3.04. The molecule has 2 aromatic rings. The van der Waals surface area contributed by atoms with Crippen molar-refractivity contribution in [2.75, 3.05) is 6.61 Å². The molecule has 3 N–H and O–H groups in total. The number of rotatable bonds is 7. The van der Waals surface area contributed by atoms with E-state index in [2.05, 4.69) is 10.3 Å². The molecule has 1 aromatic heterocycles. The maximum absolute atomic E-state index is 12.3. The van der Waals surface area contributed by atoms with E-state index in [-0.39, 0.29) is 29.4 Å². The Bertz CT molecular complexity index is 967. The minimum Gasteiger partial charge on any atom is -0.490 e. The van der Waals surface area contributed by atoms with Crippen molar-refractivity contribution in [2.24, 2.45) is 5.14 Å². The lowest BCUT2D eigenvalue weighted by atomic mass is 10.1. The van der Waals surface area contributed by atoms with Crippen LogP contribution in [0, 0.1) is 11.3 Å². The molecule has 0 fully saturated rings. The van der Waals surface area contributed by atoms with Crippen molar-refractivity contribution >= 4 is 15.9 Å². The van der Waals surface area contributed by atoms with Crippen molar-refractivity contribution in [1.29, 1.82) is 5.26 Å². The highest BCUT2D eigenvalue weighted by Crippen LogP contribution is 2.24. The van der Waals surface area contributed by atoms with Gasteiger partial charge in [0.15, 0.2) is 0 Å². The van der Waals surface area contributed by atoms with E-state index in [1.807, 2.05) is 6.07 Å². The highest BCUT2D eigenvalue weighted by atomic mass is 32.2. The third-order valence-corrected chi connectivity index (χ3v) is 4.28. The molecule has 9 heteroatoms. The highest BCUT2D eigenvalue weighted by molar-refractivity contribution is 7.88. The van der Waals surface area contributed by atoms with Gasteiger partial charge in [-0.3, -0.25) is 9.78 Å². The summed E-state index contributed by atoms with van der Waals surface area (Å²) in [7, 11) is -3.79. The van der Waals surface area contributed by atoms with Gasteiger partial charge >= 0.3 is 0 Å². The van der Waals surface area contributed by atoms with E-state index < -0.39 is 21.3 Å². The number of primary sulfonamides is 1. The molecule has 0 spiro atoms. The fraction of sp³-hybridized carbons (Fsp3) is 0.278. The van der Waals surface area contributed by atoms with Crippen LogP contribution in [0.4, 0.5) is 0 Å². The van der Waals surface area contributed by atoms with Gasteiger partial charge in [-0.2, -0.15) is 5.26 Å². The number of hydrogen-bond acceptors (Lipinski definition) is 6. The summed E-state index contributed by atoms with van der Waals surface area (Å²) < 4.78 is 28.4. The quantitative estimate of drug-likeness (QED) is 0.734. The monoisotopic (exact) mass is 388 g/mol. The second kappa shape index (κ2) is 8.16. The SMILES string of the molecule is CC(C)(COc1cccc(CS(N)(=O)=O)c1C#N)NC(=O)c1ccncc1. The van der Waals surface area contributed by atoms with Gasteiger partial charge in [-0.05, 0) is 37.6 Å². The van der Waals surface area contributed by atoms with E-state index in [9.17, 15) is 18.5 Å². The molecule has 142 valence electrons. The second-order valence-corrected chi connectivity index (χ2v) is 8.19. The number of benzene rings is 1. The van der Waals surface area contributed by atoms with Crippen molar-refractivity contribution in [3.05, 3.63) is 59.4 Å². The zero-order valence-electron chi connectivity index (χ0n) is 15.0. The van der Waals surface area contributed by atoms with Crippen LogP contribution in [0.3, 0.4) is 0 Å². The maximum Gasteiger partial charge on any atom is 0.251 e. The molecule has 2 rings (SSSR count). The molecule has 0 aliphatic carbocycles. The molecule has 1 aromatic carbocycles. The average Bonchev–Trinajstić information content (AvgIpc) is 2.59. The Morgan fingerprint density at radius 1 is 1.30 bits per heavy atom. The standard InChI is InChI=1S/C18H20N4O4S/c1-18(2,22-17(23)13-6-8-21-9-7-13)12-26-16-5-3-4-14(15(16)10-19)11-27(20,24)25/h3-9H,11-12H2,1-2H3,(H,22,23)(H2,20,24,25). The van der Waals surface area contributed by atoms with Gasteiger partial charge in [0.25, 0.3) is 5.91 Å². The minimum absolute atomic E-state index is 0.0668. The summed E-state index contributed by atoms with van der Waals surface area (Å²) in [6, 6.07) is 9.79. The lowest BCUT2D eigenvalue weighted by Crippen LogP contribution is -2.47. The minimum atomic E-state index is -3.79. The van der Waals surface area contributed by atoms with E-state index in [0.29, 0.717) is 5.56 Å². The number of pyridine rings is 1. The number of hydrogen-bond donors (Lipinski definition) is 2. The van der Waals surface area contributed by atoms with Gasteiger partial charge in [-0.25, -0.2) is 13.6 Å². The summed E-state index contributed by atoms with van der Waals surface area (Å²) in [5.41, 5.74) is 0.0769. The third-order valence-electron chi connectivity index (χ3n) is 3.56. The molecule has 0 radical (unpaired) electrons. The van der Waals surface area contributed by atoms with Crippen LogP contribution in [-0.2, 0) is 15.8 Å². The van der Waals surface area contributed by atoms with Crippen LogP contribution >= 0.6 is 0 Å². The molecule has 1 amide bonds. The number of aromatic nitrogens is 1. The van der Waals surface area contributed by atoms with Gasteiger partial charge in [0.1, 0.15) is 18.4 Å². The Morgan fingerprint density at radius 2 is 1.96 bits per heavy atom. The first-order valence-corrected chi connectivity index (χ1v) is 9.71. The molecule has 1 heterocycles. The van der Waals surface area contributed by atoms with Gasteiger partial charge in [0, 0.05) is 18.0 Å². The number of nitrogens with two attached hydrogens (primary N) is 1. The first-order chi connectivity index (χ1) is 12.6. The summed E-state index contributed by atoms with van der Waals surface area (Å²) in [6.45, 7) is 3.61. The van der Waals surface area contributed by atoms with E-state index in [1.54, 1.807) is 38.1 Å². The van der Waals surface area contributed by atoms with Crippen molar-refractivity contribution in [1.82, 2.24) is 10.3 Å². The first-order valence-electron chi connectivity index (χ1n) is 7.99. The highest BCUT2D eigenvalue weighted by Gasteiger charge is 2.23. The van der Waals surface area contributed by atoms with Gasteiger partial charge in [-0.1, -0.05) is 12.1 Å². The lowest BCUT2D eigenvalue weighted by Gasteiger charge is -2.26. The van der Waals surface area contributed by atoms with Gasteiger partial charge in [-0.15, -0.1) is 0 Å². The Balaban J connectivity index is 2.12. The number of amides is 1. The largest absolute Gasteiger partial charge is 0.490 e. The van der Waals surface area contributed by atoms with Crippen LogP contribution in [-0.4, -0.2) is 31.5 Å². The number of nitrogens with one attached hydrogen (secondary N) is 1. The van der Waals surface area contributed by atoms with Gasteiger partial charge < -0.3 is 10.1 Å². The fourth-order valence-electron chi connectivity index (χ4n) is 2.34. The number of ether oxygens (including phenoxy) is 1. The lowest BCUT2D eigenvalue weighted by molar-refractivity contribution is 0.0880. The van der Waals surface area contributed by atoms with Crippen molar-refractivity contribution in [3.8, 4) is 11.8 Å². The maximum atomic E-state index is 12.3. The van der Waals surface area contributed by atoms with Crippen LogP contribution in [0.1, 0.15) is 35.3 Å². The molecule has 8 nitrogen and oxygen atoms in total. The van der Waals surface area contributed by atoms with Crippen LogP contribution in [0.5, 0.6) is 5.75 Å². The van der Waals surface area contributed by atoms with Crippen LogP contribution in [0.15, 0.2) is 42.7 Å². The van der Waals surface area contributed by atoms with Crippen molar-refractivity contribution < 1.29 is 17.9 Å². The van der Waals surface area contributed by atoms with Crippen LogP contribution in [0.25, 0.3) is 0 Å². The smallest absolute Gasteiger partial charge is 0.251 e. The molecule has 0 aliphatic rings. The second-order valence-electron chi connectivity index (χ2n) is 6.57. The number of carbonyl (C=O) groups is 1. The summed E-state index contributed by atoms with van der Waals surface area (Å²) >= 11 is 0. The molecule has 0 atom stereocenters. The molecule has 27 heavy (non-hydrogen) atoms. The number of sulfonamides is 1. The Labute approximate surface area is 158 Å². The molecule has 0 saturated heterocycles. The van der Waals surface area contributed by atoms with Crippen molar-refractivity contribution in [3.63, 3.8) is 0 Å². The van der Waals surface area contributed by atoms with E-state index in [1.165, 1.54) is 18.5 Å². The summed E-state index contributed by atoms with van der Waals surface area (Å²) in [5, 5.41) is 17.3. The number of nitriles is 1. The van der Waals surface area contributed by atoms with E-state index >= 15 is 0 Å². The fourth-order valence-corrected chi connectivity index (χ4v) is 3.01. The van der Waals surface area contributed by atoms with Gasteiger partial charge in [0.2, 0.25) is 10.0 Å². The Morgan fingerprint density at radius 3 is 2.56 bits per heavy atom. The third kappa shape index (κ3) is 6.06. The molecule has 0 bridgehead atoms. The molecular weight excluding hydrogens is 368 g/mol. The van der Waals surface area contributed by atoms with Crippen molar-refractivity contribution in [2.45, 2.75) is 25.1 Å². The van der Waals surface area contributed by atoms with Crippen LogP contribution in [0.2, 0.25) is 0 Å². The summed E-state index contributed by atoms with van der Waals surface area (Å²) in [4.78, 5) is 16.1. The first kappa shape index (κ1) is 20.4. The Hall–Kier alpha value is -2.96. The molecule has 0 unspecified atom stereocenters. The van der Waals surface area contributed by atoms with Crippen LogP contribution < -0.4 is 15.2 Å². The Kier molecular flexibility index (Phi) is 6.15. The normalized spacial score (nSPS) is 11.5. The predicted molar refractivity (Wildman–Crippen MR) is 99.2 cm³/mol. The van der Waals surface area contributed by atoms with E-state index in [0.717, 1.165) is 0 Å². The molecule has 0 saturated carbocycles. The zero-order valence-corrected chi connectivity index (χ0v) is 15.8. The summed E-state index contributed by atoms with van der Waals surface area (Å²) in [5.74, 6) is -0.519. The topological polar surface area (TPSA) is 135 Å². The van der Waals surface area contributed by atoms with E-state index in [4.69, 9.17) is 9.88 Å². The number of carbonyl (C=O) groups excluding carboxylic acids is 1. The zero-order chi connectivity index (χ0) is 20.1. The molecular formula is C18H20N4O4S. The number of nitrogens with zero attached hydrogens (tertiary/aromatic N) is 2.